The number of benzene rings is 2. The van der Waals surface area contributed by atoms with Gasteiger partial charge in [0, 0.05) is 24.1 Å². The van der Waals surface area contributed by atoms with Crippen molar-refractivity contribution < 1.29 is 27.7 Å². The summed E-state index contributed by atoms with van der Waals surface area (Å²) in [6.07, 6.45) is -4.82. The molecule has 0 aliphatic rings. The van der Waals surface area contributed by atoms with E-state index in [1.165, 1.54) is 30.3 Å². The first-order chi connectivity index (χ1) is 12.6. The van der Waals surface area contributed by atoms with E-state index in [1.807, 2.05) is 0 Å². The van der Waals surface area contributed by atoms with E-state index in [1.54, 1.807) is 0 Å². The summed E-state index contributed by atoms with van der Waals surface area (Å²) < 4.78 is 38.3. The third kappa shape index (κ3) is 5.27. The molecule has 0 aromatic heterocycles. The van der Waals surface area contributed by atoms with Gasteiger partial charge in [0.25, 0.3) is 11.6 Å². The fourth-order valence-corrected chi connectivity index (χ4v) is 2.34. The molecule has 0 spiro atoms. The first-order valence-electron chi connectivity index (χ1n) is 7.58. The summed E-state index contributed by atoms with van der Waals surface area (Å²) >= 11 is 0. The zero-order chi connectivity index (χ0) is 20.2. The van der Waals surface area contributed by atoms with Crippen molar-refractivity contribution in [1.82, 2.24) is 5.32 Å². The zero-order valence-electron chi connectivity index (χ0n) is 13.7. The molecule has 0 aliphatic carbocycles. The summed E-state index contributed by atoms with van der Waals surface area (Å²) in [5, 5.41) is 13.1. The molecule has 1 atom stereocenters. The molecule has 2 aromatic rings. The number of carbonyl (C=O) groups excluding carboxylic acids is 2. The summed E-state index contributed by atoms with van der Waals surface area (Å²) in [6, 6.07) is 7.77. The standard InChI is InChI=1S/C17H14F3N3O4/c18-17(19,20)12-5-1-3-10(7-12)8-14(15(21)24)22-16(25)11-4-2-6-13(9-11)23(26)27/h1-7,9,14H,8H2,(H2,21,24)(H,22,25)/t14-/m1/s1. The number of nitrogens with zero attached hydrogens (tertiary/aromatic N) is 1. The number of nitro benzene ring substituents is 1. The van der Waals surface area contributed by atoms with Crippen LogP contribution in [-0.4, -0.2) is 22.8 Å². The summed E-state index contributed by atoms with van der Waals surface area (Å²) in [7, 11) is 0. The molecule has 2 aromatic carbocycles. The number of non-ortho nitro benzene ring substituents is 1. The number of hydrogen-bond donors (Lipinski definition) is 2. The van der Waals surface area contributed by atoms with Crippen molar-refractivity contribution in [2.24, 2.45) is 5.73 Å². The van der Waals surface area contributed by atoms with Gasteiger partial charge in [-0.1, -0.05) is 24.3 Å². The molecule has 0 saturated carbocycles. The number of alkyl halides is 3. The Morgan fingerprint density at radius 2 is 1.81 bits per heavy atom. The Bertz CT molecular complexity index is 884. The second-order valence-corrected chi connectivity index (χ2v) is 5.64. The van der Waals surface area contributed by atoms with Crippen LogP contribution in [0, 0.1) is 10.1 Å². The molecule has 0 fully saturated rings. The summed E-state index contributed by atoms with van der Waals surface area (Å²) in [6.45, 7) is 0. The number of hydrogen-bond acceptors (Lipinski definition) is 4. The van der Waals surface area contributed by atoms with Crippen LogP contribution in [0.1, 0.15) is 21.5 Å². The topological polar surface area (TPSA) is 115 Å². The molecule has 2 rings (SSSR count). The van der Waals surface area contributed by atoms with Gasteiger partial charge in [0.1, 0.15) is 6.04 Å². The van der Waals surface area contributed by atoms with Crippen molar-refractivity contribution in [3.05, 3.63) is 75.3 Å². The first-order valence-corrected chi connectivity index (χ1v) is 7.58. The molecule has 0 unspecified atom stereocenters. The van der Waals surface area contributed by atoms with Gasteiger partial charge in [-0.3, -0.25) is 19.7 Å². The Morgan fingerprint density at radius 1 is 1.15 bits per heavy atom. The number of halogens is 3. The number of rotatable bonds is 6. The average Bonchev–Trinajstić information content (AvgIpc) is 2.60. The van der Waals surface area contributed by atoms with Gasteiger partial charge in [-0.2, -0.15) is 13.2 Å². The molecule has 7 nitrogen and oxygen atoms in total. The maximum absolute atomic E-state index is 12.8. The normalized spacial score (nSPS) is 12.3. The van der Waals surface area contributed by atoms with E-state index < -0.39 is 34.5 Å². The predicted molar refractivity (Wildman–Crippen MR) is 88.7 cm³/mol. The molecule has 10 heteroatoms. The largest absolute Gasteiger partial charge is 0.416 e. The highest BCUT2D eigenvalue weighted by molar-refractivity contribution is 5.97. The van der Waals surface area contributed by atoms with Crippen LogP contribution >= 0.6 is 0 Å². The van der Waals surface area contributed by atoms with E-state index in [0.29, 0.717) is 0 Å². The Hall–Kier alpha value is -3.43. The van der Waals surface area contributed by atoms with Gasteiger partial charge in [0.2, 0.25) is 5.91 Å². The van der Waals surface area contributed by atoms with Gasteiger partial charge >= 0.3 is 6.18 Å². The lowest BCUT2D eigenvalue weighted by molar-refractivity contribution is -0.384. The van der Waals surface area contributed by atoms with Gasteiger partial charge < -0.3 is 11.1 Å². The first kappa shape index (κ1) is 19.9. The van der Waals surface area contributed by atoms with Gasteiger partial charge in [0.05, 0.1) is 10.5 Å². The number of nitrogens with one attached hydrogen (secondary N) is 1. The lowest BCUT2D eigenvalue weighted by Gasteiger charge is -2.16. The van der Waals surface area contributed by atoms with E-state index in [0.717, 1.165) is 18.2 Å². The minimum atomic E-state index is -4.55. The number of nitro groups is 1. The van der Waals surface area contributed by atoms with E-state index in [9.17, 15) is 32.9 Å². The third-order valence-corrected chi connectivity index (χ3v) is 3.66. The van der Waals surface area contributed by atoms with Crippen LogP contribution in [0.3, 0.4) is 0 Å². The Balaban J connectivity index is 2.19. The minimum Gasteiger partial charge on any atom is -0.368 e. The Labute approximate surface area is 151 Å². The van der Waals surface area contributed by atoms with Crippen LogP contribution < -0.4 is 11.1 Å². The average molecular weight is 381 g/mol. The SMILES string of the molecule is NC(=O)[C@@H](Cc1cccc(C(F)(F)F)c1)NC(=O)c1cccc([N+](=O)[O-])c1. The van der Waals surface area contributed by atoms with Crippen LogP contribution in [-0.2, 0) is 17.4 Å². The molecule has 2 amide bonds. The minimum absolute atomic E-state index is 0.0838. The number of primary amides is 1. The molecule has 0 radical (unpaired) electrons. The lowest BCUT2D eigenvalue weighted by atomic mass is 10.0. The number of amides is 2. The van der Waals surface area contributed by atoms with Gasteiger partial charge in [-0.05, 0) is 17.7 Å². The van der Waals surface area contributed by atoms with E-state index in [-0.39, 0.29) is 23.2 Å². The van der Waals surface area contributed by atoms with Crippen molar-refractivity contribution in [2.45, 2.75) is 18.6 Å². The van der Waals surface area contributed by atoms with Crippen molar-refractivity contribution in [1.29, 1.82) is 0 Å². The summed E-state index contributed by atoms with van der Waals surface area (Å²) in [5.41, 5.74) is 4.07. The molecule has 0 bridgehead atoms. The maximum Gasteiger partial charge on any atom is 0.416 e. The molecule has 27 heavy (non-hydrogen) atoms. The van der Waals surface area contributed by atoms with Crippen molar-refractivity contribution in [3.8, 4) is 0 Å². The Kier molecular flexibility index (Phi) is 5.78. The van der Waals surface area contributed by atoms with Crippen LogP contribution in [0.25, 0.3) is 0 Å². The highest BCUT2D eigenvalue weighted by atomic mass is 19.4. The van der Waals surface area contributed by atoms with Crippen molar-refractivity contribution in [3.63, 3.8) is 0 Å². The second-order valence-electron chi connectivity index (χ2n) is 5.64. The molecule has 3 N–H and O–H groups in total. The smallest absolute Gasteiger partial charge is 0.368 e. The zero-order valence-corrected chi connectivity index (χ0v) is 13.7. The monoisotopic (exact) mass is 381 g/mol. The highest BCUT2D eigenvalue weighted by Gasteiger charge is 2.31. The van der Waals surface area contributed by atoms with E-state index >= 15 is 0 Å². The second kappa shape index (κ2) is 7.85. The molecular formula is C17H14F3N3O4. The van der Waals surface area contributed by atoms with Crippen LogP contribution in [0.4, 0.5) is 18.9 Å². The number of nitrogens with two attached hydrogens (primary N) is 1. The fraction of sp³-hybridized carbons (Fsp3) is 0.176. The number of carbonyl (C=O) groups is 2. The summed E-state index contributed by atoms with van der Waals surface area (Å²) in [4.78, 5) is 33.9. The fourth-order valence-electron chi connectivity index (χ4n) is 2.34. The third-order valence-electron chi connectivity index (χ3n) is 3.66. The van der Waals surface area contributed by atoms with E-state index in [4.69, 9.17) is 5.73 Å². The maximum atomic E-state index is 12.8. The summed E-state index contributed by atoms with van der Waals surface area (Å²) in [5.74, 6) is -1.76. The van der Waals surface area contributed by atoms with Gasteiger partial charge in [-0.15, -0.1) is 0 Å². The van der Waals surface area contributed by atoms with Gasteiger partial charge in [0.15, 0.2) is 0 Å². The van der Waals surface area contributed by atoms with E-state index in [2.05, 4.69) is 5.32 Å². The quantitative estimate of drug-likeness (QED) is 0.591. The van der Waals surface area contributed by atoms with Crippen molar-refractivity contribution in [2.75, 3.05) is 0 Å². The van der Waals surface area contributed by atoms with Gasteiger partial charge in [-0.25, -0.2) is 0 Å². The van der Waals surface area contributed by atoms with Crippen molar-refractivity contribution >= 4 is 17.5 Å². The van der Waals surface area contributed by atoms with Crippen LogP contribution in [0.15, 0.2) is 48.5 Å². The lowest BCUT2D eigenvalue weighted by Crippen LogP contribution is -2.45. The van der Waals surface area contributed by atoms with Crippen LogP contribution in [0.2, 0.25) is 0 Å². The van der Waals surface area contributed by atoms with Crippen LogP contribution in [0.5, 0.6) is 0 Å². The highest BCUT2D eigenvalue weighted by Crippen LogP contribution is 2.29. The molecule has 142 valence electrons. The molecule has 0 heterocycles. The molecule has 0 aliphatic heterocycles. The molecular weight excluding hydrogens is 367 g/mol. The molecule has 0 saturated heterocycles. The predicted octanol–water partition coefficient (Wildman–Crippen LogP) is 2.44. The Morgan fingerprint density at radius 3 is 2.41 bits per heavy atom.